The van der Waals surface area contributed by atoms with E-state index in [1.165, 1.54) is 7.11 Å². The van der Waals surface area contributed by atoms with E-state index in [2.05, 4.69) is 15.4 Å². The van der Waals surface area contributed by atoms with Crippen LogP contribution in [0.4, 0.5) is 4.79 Å². The molecule has 0 aliphatic carbocycles. The van der Waals surface area contributed by atoms with E-state index in [4.69, 9.17) is 5.11 Å². The van der Waals surface area contributed by atoms with Crippen LogP contribution in [-0.4, -0.2) is 59.1 Å². The molecular formula is C9H18N2O5S. The lowest BCUT2D eigenvalue weighted by molar-refractivity contribution is -0.147. The first-order chi connectivity index (χ1) is 8.01. The summed E-state index contributed by atoms with van der Waals surface area (Å²) in [6.45, 7) is 1.97. The van der Waals surface area contributed by atoms with E-state index in [9.17, 15) is 13.8 Å². The number of carboxylic acid groups (broad SMARTS) is 1. The van der Waals surface area contributed by atoms with Gasteiger partial charge in [0, 0.05) is 36.0 Å². The van der Waals surface area contributed by atoms with Crippen molar-refractivity contribution in [3.63, 3.8) is 0 Å². The molecule has 0 radical (unpaired) electrons. The van der Waals surface area contributed by atoms with Crippen molar-refractivity contribution in [3.8, 4) is 0 Å². The zero-order valence-corrected chi connectivity index (χ0v) is 10.7. The Morgan fingerprint density at radius 3 is 2.53 bits per heavy atom. The lowest BCUT2D eigenvalue weighted by Crippen LogP contribution is -2.43. The molecular weight excluding hydrogens is 248 g/mol. The van der Waals surface area contributed by atoms with Gasteiger partial charge >= 0.3 is 12.0 Å². The number of carbonyl (C=O) groups excluding carboxylic acids is 1. The van der Waals surface area contributed by atoms with Gasteiger partial charge in [-0.05, 0) is 0 Å². The number of aliphatic carboxylic acids is 1. The van der Waals surface area contributed by atoms with Gasteiger partial charge in [-0.25, -0.2) is 9.59 Å². The number of methoxy groups -OCH3 is 1. The van der Waals surface area contributed by atoms with Crippen molar-refractivity contribution in [2.24, 2.45) is 0 Å². The summed E-state index contributed by atoms with van der Waals surface area (Å²) < 4.78 is 15.7. The summed E-state index contributed by atoms with van der Waals surface area (Å²) >= 11 is 0. The third-order valence-corrected chi connectivity index (χ3v) is 3.25. The van der Waals surface area contributed by atoms with Crippen molar-refractivity contribution in [2.75, 3.05) is 31.7 Å². The first-order valence-corrected chi connectivity index (χ1v) is 6.62. The molecule has 0 bridgehead atoms. The zero-order valence-electron chi connectivity index (χ0n) is 9.89. The molecule has 0 rings (SSSR count). The number of carboxylic acids is 1. The zero-order chi connectivity index (χ0) is 13.3. The summed E-state index contributed by atoms with van der Waals surface area (Å²) in [6.07, 6.45) is -1.06. The Hall–Kier alpha value is -1.15. The largest absolute Gasteiger partial charge is 0.479 e. The van der Waals surface area contributed by atoms with Crippen LogP contribution in [0, 0.1) is 0 Å². The van der Waals surface area contributed by atoms with Crippen molar-refractivity contribution < 1.29 is 23.6 Å². The van der Waals surface area contributed by atoms with Crippen LogP contribution >= 0.6 is 0 Å². The monoisotopic (exact) mass is 266 g/mol. The number of rotatable bonds is 8. The second-order valence-corrected chi connectivity index (χ2v) is 5.00. The predicted octanol–water partition coefficient (Wildman–Crippen LogP) is -0.846. The molecule has 3 N–H and O–H groups in total. The molecule has 0 saturated heterocycles. The predicted molar refractivity (Wildman–Crippen MR) is 63.4 cm³/mol. The maximum absolute atomic E-state index is 11.2. The fourth-order valence-electron chi connectivity index (χ4n) is 0.942. The van der Waals surface area contributed by atoms with Crippen LogP contribution in [0.25, 0.3) is 0 Å². The van der Waals surface area contributed by atoms with Gasteiger partial charge in [-0.1, -0.05) is 6.92 Å². The van der Waals surface area contributed by atoms with Crippen molar-refractivity contribution in [2.45, 2.75) is 13.0 Å². The van der Waals surface area contributed by atoms with E-state index in [-0.39, 0.29) is 13.1 Å². The first-order valence-electron chi connectivity index (χ1n) is 5.13. The van der Waals surface area contributed by atoms with E-state index >= 15 is 0 Å². The molecule has 8 heteroatoms. The molecule has 0 saturated carbocycles. The van der Waals surface area contributed by atoms with Gasteiger partial charge in [0.15, 0.2) is 6.10 Å². The number of amides is 2. The minimum atomic E-state index is -1.14. The highest BCUT2D eigenvalue weighted by molar-refractivity contribution is 7.84. The van der Waals surface area contributed by atoms with Gasteiger partial charge in [0.2, 0.25) is 0 Å². The number of hydrogen-bond acceptors (Lipinski definition) is 4. The Bertz CT molecular complexity index is 285. The number of nitrogens with one attached hydrogen (secondary N) is 2. The minimum Gasteiger partial charge on any atom is -0.479 e. The second-order valence-electron chi connectivity index (χ2n) is 3.13. The maximum atomic E-state index is 11.2. The molecule has 2 unspecified atom stereocenters. The highest BCUT2D eigenvalue weighted by Crippen LogP contribution is 1.87. The molecule has 2 atom stereocenters. The van der Waals surface area contributed by atoms with Crippen LogP contribution < -0.4 is 10.6 Å². The summed E-state index contributed by atoms with van der Waals surface area (Å²) in [5.74, 6) is -0.204. The number of carbonyl (C=O) groups is 2. The third-order valence-electron chi connectivity index (χ3n) is 1.95. The highest BCUT2D eigenvalue weighted by atomic mass is 32.2. The van der Waals surface area contributed by atoms with Crippen molar-refractivity contribution in [1.29, 1.82) is 0 Å². The molecule has 0 heterocycles. The van der Waals surface area contributed by atoms with Crippen molar-refractivity contribution >= 4 is 22.8 Å². The average molecular weight is 266 g/mol. The summed E-state index contributed by atoms with van der Waals surface area (Å²) in [7, 11) is 0.326. The average Bonchev–Trinajstić information content (AvgIpc) is 2.29. The van der Waals surface area contributed by atoms with E-state index in [0.29, 0.717) is 11.5 Å². The molecule has 7 nitrogen and oxygen atoms in total. The number of hydrogen-bond donors (Lipinski definition) is 3. The molecule has 0 fully saturated rings. The second kappa shape index (κ2) is 8.94. The normalized spacial score (nSPS) is 13.8. The van der Waals surface area contributed by atoms with Gasteiger partial charge in [-0.15, -0.1) is 0 Å². The lowest BCUT2D eigenvalue weighted by atomic mass is 10.3. The minimum absolute atomic E-state index is 0.117. The topological polar surface area (TPSA) is 105 Å². The van der Waals surface area contributed by atoms with Crippen LogP contribution in [0.5, 0.6) is 0 Å². The summed E-state index contributed by atoms with van der Waals surface area (Å²) in [4.78, 5) is 21.7. The molecule has 0 aliphatic rings. The Morgan fingerprint density at radius 2 is 2.06 bits per heavy atom. The van der Waals surface area contributed by atoms with Gasteiger partial charge in [-0.2, -0.15) is 0 Å². The highest BCUT2D eigenvalue weighted by Gasteiger charge is 2.16. The van der Waals surface area contributed by atoms with Gasteiger partial charge in [0.05, 0.1) is 6.54 Å². The Balaban J connectivity index is 3.72. The Labute approximate surface area is 102 Å². The van der Waals surface area contributed by atoms with Crippen LogP contribution in [0.1, 0.15) is 6.92 Å². The van der Waals surface area contributed by atoms with Gasteiger partial charge in [0.1, 0.15) is 0 Å². The molecule has 17 heavy (non-hydrogen) atoms. The first kappa shape index (κ1) is 15.9. The molecule has 100 valence electrons. The molecule has 2 amide bonds. The van der Waals surface area contributed by atoms with E-state index in [1.54, 1.807) is 6.92 Å². The Kier molecular flexibility index (Phi) is 8.34. The van der Waals surface area contributed by atoms with Gasteiger partial charge in [0.25, 0.3) is 0 Å². The SMILES string of the molecule is CCS(=O)CCNC(=O)NCC(OC)C(=O)O. The van der Waals surface area contributed by atoms with Crippen molar-refractivity contribution in [1.82, 2.24) is 10.6 Å². The molecule has 0 aromatic carbocycles. The fraction of sp³-hybridized carbons (Fsp3) is 0.778. The van der Waals surface area contributed by atoms with Crippen LogP contribution in [0.3, 0.4) is 0 Å². The van der Waals surface area contributed by atoms with Crippen LogP contribution in [0.2, 0.25) is 0 Å². The summed E-state index contributed by atoms with van der Waals surface area (Å²) in [6, 6.07) is -0.499. The van der Waals surface area contributed by atoms with Gasteiger partial charge < -0.3 is 20.5 Å². The number of ether oxygens (including phenoxy) is 1. The quantitative estimate of drug-likeness (QED) is 0.531. The molecule has 0 spiro atoms. The maximum Gasteiger partial charge on any atom is 0.334 e. The van der Waals surface area contributed by atoms with Gasteiger partial charge in [-0.3, -0.25) is 4.21 Å². The smallest absolute Gasteiger partial charge is 0.334 e. The summed E-state index contributed by atoms with van der Waals surface area (Å²) in [5, 5.41) is 13.5. The third kappa shape index (κ3) is 7.70. The van der Waals surface area contributed by atoms with E-state index in [1.807, 2.05) is 0 Å². The summed E-state index contributed by atoms with van der Waals surface area (Å²) in [5.41, 5.74) is 0. The molecule has 0 aliphatic heterocycles. The Morgan fingerprint density at radius 1 is 1.41 bits per heavy atom. The van der Waals surface area contributed by atoms with E-state index in [0.717, 1.165) is 0 Å². The fourth-order valence-corrected chi connectivity index (χ4v) is 1.56. The molecule has 0 aromatic rings. The number of urea groups is 1. The van der Waals surface area contributed by atoms with Crippen molar-refractivity contribution in [3.05, 3.63) is 0 Å². The lowest BCUT2D eigenvalue weighted by Gasteiger charge is -2.12. The van der Waals surface area contributed by atoms with E-state index < -0.39 is 28.9 Å². The standard InChI is InChI=1S/C9H18N2O5S/c1-3-17(15)5-4-10-9(14)11-6-7(16-2)8(12)13/h7H,3-6H2,1-2H3,(H,12,13)(H2,10,11,14). The van der Waals surface area contributed by atoms with Crippen LogP contribution in [0.15, 0.2) is 0 Å². The molecule has 0 aromatic heterocycles. The van der Waals surface area contributed by atoms with Crippen LogP contribution in [-0.2, 0) is 20.3 Å².